The van der Waals surface area contributed by atoms with Crippen molar-refractivity contribution in [3.8, 4) is 5.75 Å². The van der Waals surface area contributed by atoms with Crippen molar-refractivity contribution in [2.24, 2.45) is 0 Å². The summed E-state index contributed by atoms with van der Waals surface area (Å²) in [6.45, 7) is 3.08. The molecule has 2 aromatic rings. The van der Waals surface area contributed by atoms with Crippen LogP contribution in [0.4, 0.5) is 13.2 Å². The minimum atomic E-state index is -4.74. The lowest BCUT2D eigenvalue weighted by molar-refractivity contribution is -0.274. The van der Waals surface area contributed by atoms with Gasteiger partial charge in [0.05, 0.1) is 6.61 Å². The maximum Gasteiger partial charge on any atom is 0.573 e. The summed E-state index contributed by atoms with van der Waals surface area (Å²) in [5, 5.41) is 3.08. The van der Waals surface area contributed by atoms with E-state index >= 15 is 0 Å². The first-order chi connectivity index (χ1) is 15.7. The number of hydrogen-bond donors (Lipinski definition) is 2. The first kappa shape index (κ1) is 27.4. The van der Waals surface area contributed by atoms with E-state index in [1.807, 2.05) is 0 Å². The zero-order valence-corrected chi connectivity index (χ0v) is 19.9. The van der Waals surface area contributed by atoms with Gasteiger partial charge >= 0.3 is 14.6 Å². The molecule has 9 heteroatoms. The molecule has 1 atom stereocenters. The van der Waals surface area contributed by atoms with Crippen LogP contribution >= 0.6 is 8.25 Å². The van der Waals surface area contributed by atoms with Gasteiger partial charge in [0.1, 0.15) is 5.75 Å². The molecule has 2 N–H and O–H groups in total. The monoisotopic (exact) mass is 487 g/mol. The van der Waals surface area contributed by atoms with E-state index in [2.05, 4.69) is 45.8 Å². The summed E-state index contributed by atoms with van der Waals surface area (Å²) in [5.74, 6) is -0.149. The van der Waals surface area contributed by atoms with Gasteiger partial charge in [-0.05, 0) is 68.3 Å². The first-order valence-electron chi connectivity index (χ1n) is 11.2. The predicted octanol–water partition coefficient (Wildman–Crippen LogP) is 6.12. The van der Waals surface area contributed by atoms with Crippen LogP contribution in [-0.2, 0) is 28.5 Å². The number of alkyl halides is 3. The maximum atomic E-state index is 12.9. The fraction of sp³-hybridized carbons (Fsp3) is 0.500. The van der Waals surface area contributed by atoms with Gasteiger partial charge in [-0.2, -0.15) is 0 Å². The standard InChI is InChI=1S/C24H33F3NO4P/c1-19-9-11-20(12-10-19)7-4-2-3-5-8-22-14-13-21(17-23(22)32-24(25,26)27)18-28-15-6-16-31-33(29)30/h9-14,17,28,33H,2-8,15-16,18H2,1H3,(H,29,30). The third kappa shape index (κ3) is 12.2. The summed E-state index contributed by atoms with van der Waals surface area (Å²) in [7, 11) is -2.93. The van der Waals surface area contributed by atoms with Crippen molar-refractivity contribution in [1.82, 2.24) is 5.32 Å². The molecule has 0 aromatic heterocycles. The summed E-state index contributed by atoms with van der Waals surface area (Å²) in [4.78, 5) is 8.59. The van der Waals surface area contributed by atoms with E-state index in [0.29, 0.717) is 37.1 Å². The van der Waals surface area contributed by atoms with Crippen molar-refractivity contribution in [2.45, 2.75) is 64.8 Å². The zero-order chi connectivity index (χ0) is 24.1. The number of hydrogen-bond acceptors (Lipinski definition) is 4. The number of benzene rings is 2. The first-order valence-corrected chi connectivity index (χ1v) is 12.5. The molecular formula is C24H33F3NO4P. The average Bonchev–Trinajstić information content (AvgIpc) is 2.74. The molecular weight excluding hydrogens is 454 g/mol. The van der Waals surface area contributed by atoms with Crippen LogP contribution in [0.5, 0.6) is 5.75 Å². The molecule has 1 unspecified atom stereocenters. The highest BCUT2D eigenvalue weighted by atomic mass is 31.1. The summed E-state index contributed by atoms with van der Waals surface area (Å²) < 4.78 is 58.0. The van der Waals surface area contributed by atoms with E-state index in [0.717, 1.165) is 32.1 Å². The van der Waals surface area contributed by atoms with Crippen LogP contribution < -0.4 is 10.1 Å². The molecule has 2 rings (SSSR count). The molecule has 0 spiro atoms. The van der Waals surface area contributed by atoms with Gasteiger partial charge in [-0.15, -0.1) is 13.2 Å². The Morgan fingerprint density at radius 1 is 0.939 bits per heavy atom. The molecule has 0 aliphatic heterocycles. The van der Waals surface area contributed by atoms with E-state index in [9.17, 15) is 17.7 Å². The molecule has 5 nitrogen and oxygen atoms in total. The largest absolute Gasteiger partial charge is 0.573 e. The molecule has 0 bridgehead atoms. The lowest BCUT2D eigenvalue weighted by Crippen LogP contribution is -2.19. The summed E-state index contributed by atoms with van der Waals surface area (Å²) in [6, 6.07) is 13.4. The highest BCUT2D eigenvalue weighted by Gasteiger charge is 2.32. The Balaban J connectivity index is 1.78. The van der Waals surface area contributed by atoms with Crippen LogP contribution in [0.2, 0.25) is 0 Å². The van der Waals surface area contributed by atoms with Crippen LogP contribution in [-0.4, -0.2) is 24.4 Å². The second-order valence-electron chi connectivity index (χ2n) is 8.03. The fourth-order valence-electron chi connectivity index (χ4n) is 3.48. The predicted molar refractivity (Wildman–Crippen MR) is 124 cm³/mol. The van der Waals surface area contributed by atoms with Crippen LogP contribution in [0.25, 0.3) is 0 Å². The second kappa shape index (κ2) is 14.4. The molecule has 184 valence electrons. The SMILES string of the molecule is Cc1ccc(CCCCCCc2ccc(CNCCCO[PH](=O)O)cc2OC(F)(F)F)cc1. The zero-order valence-electron chi connectivity index (χ0n) is 18.9. The van der Waals surface area contributed by atoms with Crippen molar-refractivity contribution in [3.05, 3.63) is 64.7 Å². The van der Waals surface area contributed by atoms with Gasteiger partial charge in [0.2, 0.25) is 0 Å². The fourth-order valence-corrected chi connectivity index (χ4v) is 3.80. The van der Waals surface area contributed by atoms with E-state index in [1.54, 1.807) is 12.1 Å². The number of nitrogens with one attached hydrogen (secondary N) is 1. The van der Waals surface area contributed by atoms with Crippen molar-refractivity contribution in [3.63, 3.8) is 0 Å². The maximum absolute atomic E-state index is 12.9. The van der Waals surface area contributed by atoms with E-state index in [-0.39, 0.29) is 12.4 Å². The quantitative estimate of drug-likeness (QED) is 0.234. The summed E-state index contributed by atoms with van der Waals surface area (Å²) in [6.07, 6.45) is 1.15. The highest BCUT2D eigenvalue weighted by Crippen LogP contribution is 2.29. The number of aryl methyl sites for hydroxylation is 3. The van der Waals surface area contributed by atoms with E-state index < -0.39 is 14.6 Å². The lowest BCUT2D eigenvalue weighted by atomic mass is 10.0. The van der Waals surface area contributed by atoms with Gasteiger partial charge in [-0.3, -0.25) is 4.57 Å². The van der Waals surface area contributed by atoms with Crippen LogP contribution in [0, 0.1) is 6.92 Å². The Labute approximate surface area is 194 Å². The third-order valence-corrected chi connectivity index (χ3v) is 5.64. The topological polar surface area (TPSA) is 67.8 Å². The van der Waals surface area contributed by atoms with Gasteiger partial charge in [0, 0.05) is 6.54 Å². The normalized spacial score (nSPS) is 12.6. The number of ether oxygens (including phenoxy) is 1. The highest BCUT2D eigenvalue weighted by molar-refractivity contribution is 7.32. The molecule has 0 amide bonds. The van der Waals surface area contributed by atoms with Crippen LogP contribution in [0.15, 0.2) is 42.5 Å². The Morgan fingerprint density at radius 2 is 1.61 bits per heavy atom. The lowest BCUT2D eigenvalue weighted by Gasteiger charge is -2.15. The molecule has 0 saturated heterocycles. The molecule has 0 heterocycles. The average molecular weight is 487 g/mol. The van der Waals surface area contributed by atoms with E-state index in [4.69, 9.17) is 4.89 Å². The Kier molecular flexibility index (Phi) is 12.0. The third-order valence-electron chi connectivity index (χ3n) is 5.19. The molecule has 0 radical (unpaired) electrons. The van der Waals surface area contributed by atoms with Crippen molar-refractivity contribution < 1.29 is 31.9 Å². The summed E-state index contributed by atoms with van der Waals surface area (Å²) >= 11 is 0. The Morgan fingerprint density at radius 3 is 2.27 bits per heavy atom. The minimum Gasteiger partial charge on any atom is -0.405 e. The Bertz CT molecular complexity index is 860. The van der Waals surface area contributed by atoms with Crippen LogP contribution in [0.3, 0.4) is 0 Å². The van der Waals surface area contributed by atoms with Gasteiger partial charge in [-0.25, -0.2) is 0 Å². The van der Waals surface area contributed by atoms with Gasteiger partial charge < -0.3 is 19.5 Å². The van der Waals surface area contributed by atoms with Crippen molar-refractivity contribution in [1.29, 1.82) is 0 Å². The molecule has 0 saturated carbocycles. The second-order valence-corrected chi connectivity index (χ2v) is 8.85. The molecule has 0 aliphatic rings. The smallest absolute Gasteiger partial charge is 0.405 e. The minimum absolute atomic E-state index is 0.147. The summed E-state index contributed by atoms with van der Waals surface area (Å²) in [5.41, 5.74) is 3.77. The molecule has 0 aliphatic carbocycles. The van der Waals surface area contributed by atoms with Gasteiger partial charge in [0.15, 0.2) is 0 Å². The molecule has 2 aromatic carbocycles. The number of unbranched alkanes of at least 4 members (excludes halogenated alkanes) is 3. The van der Waals surface area contributed by atoms with Crippen LogP contribution in [0.1, 0.15) is 54.4 Å². The molecule has 33 heavy (non-hydrogen) atoms. The number of halogens is 3. The number of rotatable bonds is 15. The molecule has 0 fully saturated rings. The van der Waals surface area contributed by atoms with E-state index in [1.165, 1.54) is 17.2 Å². The van der Waals surface area contributed by atoms with Gasteiger partial charge in [0.25, 0.3) is 0 Å². The van der Waals surface area contributed by atoms with Crippen molar-refractivity contribution >= 4 is 8.25 Å². The Hall–Kier alpha value is -1.86. The van der Waals surface area contributed by atoms with Gasteiger partial charge in [-0.1, -0.05) is 54.8 Å². The van der Waals surface area contributed by atoms with Crippen molar-refractivity contribution in [2.75, 3.05) is 13.2 Å².